The highest BCUT2D eigenvalue weighted by molar-refractivity contribution is 7.80. The Morgan fingerprint density at radius 3 is 2.46 bits per heavy atom. The normalized spacial score (nSPS) is 27.4. The van der Waals surface area contributed by atoms with Gasteiger partial charge in [0.15, 0.2) is 10.9 Å². The van der Waals surface area contributed by atoms with E-state index in [2.05, 4.69) is 5.32 Å². The van der Waals surface area contributed by atoms with Gasteiger partial charge < -0.3 is 15.7 Å². The first kappa shape index (κ1) is 17.3. The average Bonchev–Trinajstić information content (AvgIpc) is 3.18. The minimum Gasteiger partial charge on any atom is -0.363 e. The Bertz CT molecular complexity index is 746. The summed E-state index contributed by atoms with van der Waals surface area (Å²) in [5.41, 5.74) is -3.45. The molecule has 0 radical (unpaired) electrons. The van der Waals surface area contributed by atoms with Crippen LogP contribution in [0.5, 0.6) is 0 Å². The number of alkyl halides is 3. The van der Waals surface area contributed by atoms with Crippen LogP contribution in [0, 0.1) is 5.92 Å². The molecular formula is C14H11F3N2O2S3. The van der Waals surface area contributed by atoms with Gasteiger partial charge in [0.1, 0.15) is 5.92 Å². The van der Waals surface area contributed by atoms with Crippen molar-refractivity contribution < 1.29 is 23.1 Å². The Kier molecular flexibility index (Phi) is 4.41. The molecule has 1 aliphatic rings. The highest BCUT2D eigenvalue weighted by atomic mass is 32.1. The number of ketones is 1. The molecule has 0 amide bonds. The summed E-state index contributed by atoms with van der Waals surface area (Å²) in [6, 6.07) is 5.18. The van der Waals surface area contributed by atoms with Crippen molar-refractivity contribution in [2.75, 3.05) is 0 Å². The van der Waals surface area contributed by atoms with E-state index in [0.717, 1.165) is 11.3 Å². The molecule has 3 N–H and O–H groups in total. The lowest BCUT2D eigenvalue weighted by Gasteiger charge is -2.45. The van der Waals surface area contributed by atoms with Gasteiger partial charge in [-0.3, -0.25) is 4.79 Å². The Morgan fingerprint density at radius 2 is 1.92 bits per heavy atom. The monoisotopic (exact) mass is 392 g/mol. The first-order valence-corrected chi connectivity index (χ1v) is 8.89. The van der Waals surface area contributed by atoms with Gasteiger partial charge in [-0.25, -0.2) is 0 Å². The minimum absolute atomic E-state index is 0.139. The lowest BCUT2D eigenvalue weighted by molar-refractivity contribution is -0.285. The molecule has 0 spiro atoms. The van der Waals surface area contributed by atoms with Gasteiger partial charge in [0.2, 0.25) is 5.72 Å². The van der Waals surface area contributed by atoms with Gasteiger partial charge in [0, 0.05) is 4.88 Å². The Hall–Kier alpha value is -1.49. The number of aliphatic hydroxyl groups is 1. The molecule has 1 saturated heterocycles. The van der Waals surface area contributed by atoms with Crippen LogP contribution in [0.25, 0.3) is 0 Å². The number of rotatable bonds is 3. The van der Waals surface area contributed by atoms with Crippen molar-refractivity contribution in [1.82, 2.24) is 10.6 Å². The summed E-state index contributed by atoms with van der Waals surface area (Å²) < 4.78 is 40.9. The van der Waals surface area contributed by atoms with Crippen molar-refractivity contribution in [3.05, 3.63) is 44.8 Å². The number of thiocarbonyl (C=S) groups is 1. The number of hydrogen-bond acceptors (Lipinski definition) is 5. The van der Waals surface area contributed by atoms with Crippen LogP contribution in [0.1, 0.15) is 20.6 Å². The molecule has 3 rings (SSSR count). The molecule has 0 bridgehead atoms. The van der Waals surface area contributed by atoms with Crippen LogP contribution >= 0.6 is 34.9 Å². The maximum Gasteiger partial charge on any atom is 0.437 e. The molecule has 10 heteroatoms. The maximum atomic E-state index is 13.6. The molecule has 1 aliphatic heterocycles. The smallest absolute Gasteiger partial charge is 0.363 e. The maximum absolute atomic E-state index is 13.6. The second-order valence-electron chi connectivity index (χ2n) is 5.17. The summed E-state index contributed by atoms with van der Waals surface area (Å²) in [7, 11) is 0. The van der Waals surface area contributed by atoms with E-state index in [4.69, 9.17) is 12.2 Å². The predicted octanol–water partition coefficient (Wildman–Crippen LogP) is 3.08. The molecule has 0 saturated carbocycles. The van der Waals surface area contributed by atoms with E-state index in [1.54, 1.807) is 29.0 Å². The lowest BCUT2D eigenvalue weighted by atomic mass is 9.81. The van der Waals surface area contributed by atoms with Crippen molar-refractivity contribution in [2.45, 2.75) is 17.9 Å². The highest BCUT2D eigenvalue weighted by Crippen LogP contribution is 2.45. The number of Topliss-reactive ketones (excluding diaryl/α,β-unsaturated/α-hetero) is 1. The number of carbonyl (C=O) groups is 1. The minimum atomic E-state index is -5.09. The SMILES string of the molecule is O=C(c1cccs1)[C@H]1[C@@H](c2cccs2)NC(=S)N[C@]1(O)C(F)(F)F. The zero-order valence-electron chi connectivity index (χ0n) is 11.8. The third-order valence-corrected chi connectivity index (χ3v) is 5.76. The average molecular weight is 392 g/mol. The zero-order valence-corrected chi connectivity index (χ0v) is 14.3. The van der Waals surface area contributed by atoms with Gasteiger partial charge in [-0.2, -0.15) is 13.2 Å². The lowest BCUT2D eigenvalue weighted by Crippen LogP contribution is -2.72. The Balaban J connectivity index is 2.13. The second kappa shape index (κ2) is 6.10. The summed E-state index contributed by atoms with van der Waals surface area (Å²) in [5, 5.41) is 17.9. The zero-order chi connectivity index (χ0) is 17.5. The van der Waals surface area contributed by atoms with Crippen LogP contribution in [0.3, 0.4) is 0 Å². The van der Waals surface area contributed by atoms with Gasteiger partial charge in [0.05, 0.1) is 10.9 Å². The van der Waals surface area contributed by atoms with E-state index in [9.17, 15) is 23.1 Å². The highest BCUT2D eigenvalue weighted by Gasteiger charge is 2.66. The van der Waals surface area contributed by atoms with Gasteiger partial charge in [-0.15, -0.1) is 22.7 Å². The summed E-state index contributed by atoms with van der Waals surface area (Å²) in [4.78, 5) is 13.4. The standard InChI is InChI=1S/C14H11F3N2O2S3/c15-14(16,17)13(21)9(11(20)8-4-2-6-24-8)10(18-12(22)19-13)7-3-1-5-23-7/h1-6,9-10,21H,(H2,18,19,22)/t9-,10-,13-/m1/s1. The van der Waals surface area contributed by atoms with E-state index < -0.39 is 29.6 Å². The molecule has 0 aromatic carbocycles. The van der Waals surface area contributed by atoms with Crippen molar-refractivity contribution >= 4 is 45.8 Å². The van der Waals surface area contributed by atoms with E-state index >= 15 is 0 Å². The number of hydrogen-bond donors (Lipinski definition) is 3. The van der Waals surface area contributed by atoms with Crippen LogP contribution in [0.15, 0.2) is 35.0 Å². The summed E-state index contributed by atoms with van der Waals surface area (Å²) in [5.74, 6) is -2.62. The number of thiophene rings is 2. The van der Waals surface area contributed by atoms with Gasteiger partial charge in [0.25, 0.3) is 0 Å². The van der Waals surface area contributed by atoms with E-state index in [1.807, 2.05) is 5.32 Å². The van der Waals surface area contributed by atoms with Crippen LogP contribution < -0.4 is 10.6 Å². The molecule has 2 aromatic heterocycles. The van der Waals surface area contributed by atoms with Crippen LogP contribution in [-0.4, -0.2) is 27.9 Å². The van der Waals surface area contributed by atoms with Crippen LogP contribution in [0.4, 0.5) is 13.2 Å². The molecule has 0 aliphatic carbocycles. The van der Waals surface area contributed by atoms with E-state index in [1.165, 1.54) is 17.4 Å². The van der Waals surface area contributed by atoms with Crippen LogP contribution in [0.2, 0.25) is 0 Å². The third kappa shape index (κ3) is 2.83. The molecule has 1 fully saturated rings. The number of halogens is 3. The molecule has 3 heterocycles. The van der Waals surface area contributed by atoms with Crippen molar-refractivity contribution in [3.63, 3.8) is 0 Å². The van der Waals surface area contributed by atoms with E-state index in [-0.39, 0.29) is 9.99 Å². The first-order chi connectivity index (χ1) is 11.2. The summed E-state index contributed by atoms with van der Waals surface area (Å²) in [6.45, 7) is 0. The molecule has 4 nitrogen and oxygen atoms in total. The van der Waals surface area contributed by atoms with Crippen molar-refractivity contribution in [1.29, 1.82) is 0 Å². The van der Waals surface area contributed by atoms with Gasteiger partial charge in [-0.1, -0.05) is 12.1 Å². The summed E-state index contributed by atoms with van der Waals surface area (Å²) in [6.07, 6.45) is -5.09. The molecule has 24 heavy (non-hydrogen) atoms. The fraction of sp³-hybridized carbons (Fsp3) is 0.286. The third-order valence-electron chi connectivity index (χ3n) is 3.70. The van der Waals surface area contributed by atoms with E-state index in [0.29, 0.717) is 4.88 Å². The molecule has 2 aromatic rings. The quantitative estimate of drug-likeness (QED) is 0.554. The van der Waals surface area contributed by atoms with Gasteiger partial charge >= 0.3 is 6.18 Å². The summed E-state index contributed by atoms with van der Waals surface area (Å²) >= 11 is 7.03. The largest absolute Gasteiger partial charge is 0.437 e. The fourth-order valence-electron chi connectivity index (χ4n) is 2.62. The predicted molar refractivity (Wildman–Crippen MR) is 89.1 cm³/mol. The van der Waals surface area contributed by atoms with Crippen molar-refractivity contribution in [3.8, 4) is 0 Å². The molecule has 128 valence electrons. The molecule has 3 atom stereocenters. The van der Waals surface area contributed by atoms with Crippen LogP contribution in [-0.2, 0) is 0 Å². The second-order valence-corrected chi connectivity index (χ2v) is 7.51. The Morgan fingerprint density at radius 1 is 1.25 bits per heavy atom. The molecule has 0 unspecified atom stereocenters. The number of nitrogens with one attached hydrogen (secondary N) is 2. The topological polar surface area (TPSA) is 61.4 Å². The molecular weight excluding hydrogens is 381 g/mol. The Labute approximate surface area is 148 Å². The van der Waals surface area contributed by atoms with Crippen molar-refractivity contribution in [2.24, 2.45) is 5.92 Å². The number of carbonyl (C=O) groups excluding carboxylic acids is 1. The van der Waals surface area contributed by atoms with Gasteiger partial charge in [-0.05, 0) is 35.1 Å². The first-order valence-electron chi connectivity index (χ1n) is 6.73. The fourth-order valence-corrected chi connectivity index (χ4v) is 4.42.